The first-order valence-corrected chi connectivity index (χ1v) is 3.75. The number of rotatable bonds is 3. The molecule has 1 aromatic heterocycles. The van der Waals surface area contributed by atoms with E-state index in [-0.39, 0.29) is 5.56 Å². The molecule has 0 amide bonds. The molecule has 78 valence electrons. The largest absolute Gasteiger partial charge is 0.545 e. The van der Waals surface area contributed by atoms with Gasteiger partial charge in [0.2, 0.25) is 0 Å². The van der Waals surface area contributed by atoms with Crippen LogP contribution in [-0.2, 0) is 4.79 Å². The van der Waals surface area contributed by atoms with E-state index in [2.05, 4.69) is 4.42 Å². The fraction of sp³-hybridized carbons (Fsp3) is 0. The first kappa shape index (κ1) is 10.7. The zero-order valence-electron chi connectivity index (χ0n) is 7.26. The molecule has 1 rings (SSSR count). The van der Waals surface area contributed by atoms with Crippen LogP contribution in [0.2, 0.25) is 0 Å². The first-order valence-electron chi connectivity index (χ1n) is 3.75. The van der Waals surface area contributed by atoms with Gasteiger partial charge in [0.05, 0.1) is 11.5 Å². The molecule has 1 heterocycles. The third-order valence-electron chi connectivity index (χ3n) is 1.45. The molecule has 0 saturated carbocycles. The predicted octanol–water partition coefficient (Wildman–Crippen LogP) is -2.23. The molecule has 1 aromatic rings. The SMILES string of the molecule is O=C([O-])/C=C/c1ccc(C(=O)[O-])oc1=O. The van der Waals surface area contributed by atoms with Gasteiger partial charge in [-0.1, -0.05) is 0 Å². The van der Waals surface area contributed by atoms with Gasteiger partial charge in [0.15, 0.2) is 5.76 Å². The molecule has 0 radical (unpaired) electrons. The van der Waals surface area contributed by atoms with Gasteiger partial charge in [-0.25, -0.2) is 4.79 Å². The van der Waals surface area contributed by atoms with Crippen molar-refractivity contribution in [1.82, 2.24) is 0 Å². The van der Waals surface area contributed by atoms with Gasteiger partial charge in [0.25, 0.3) is 0 Å². The standard InChI is InChI=1S/C9H6O6/c10-7(11)4-2-5-1-3-6(8(12)13)15-9(5)14/h1-4H,(H,10,11)(H,12,13)/p-2/b4-2+. The molecule has 0 fully saturated rings. The molecule has 0 aliphatic carbocycles. The lowest BCUT2D eigenvalue weighted by atomic mass is 10.2. The summed E-state index contributed by atoms with van der Waals surface area (Å²) < 4.78 is 4.32. The lowest BCUT2D eigenvalue weighted by molar-refractivity contribution is -0.297. The van der Waals surface area contributed by atoms with E-state index in [0.717, 1.165) is 18.2 Å². The van der Waals surface area contributed by atoms with Crippen molar-refractivity contribution < 1.29 is 24.2 Å². The Morgan fingerprint density at radius 3 is 2.40 bits per heavy atom. The Morgan fingerprint density at radius 2 is 1.93 bits per heavy atom. The highest BCUT2D eigenvalue weighted by Gasteiger charge is 2.01. The van der Waals surface area contributed by atoms with Crippen molar-refractivity contribution in [1.29, 1.82) is 0 Å². The van der Waals surface area contributed by atoms with Crippen molar-refractivity contribution in [2.45, 2.75) is 0 Å². The van der Waals surface area contributed by atoms with Gasteiger partial charge >= 0.3 is 5.63 Å². The number of carboxylic acids is 2. The van der Waals surface area contributed by atoms with E-state index in [1.54, 1.807) is 0 Å². The Labute approximate surface area is 83.1 Å². The minimum absolute atomic E-state index is 0.0933. The van der Waals surface area contributed by atoms with E-state index in [1.165, 1.54) is 0 Å². The molecule has 0 spiro atoms. The minimum atomic E-state index is -1.62. The van der Waals surface area contributed by atoms with Gasteiger partial charge in [0.1, 0.15) is 5.97 Å². The second kappa shape index (κ2) is 4.23. The lowest BCUT2D eigenvalue weighted by Gasteiger charge is -1.99. The fourth-order valence-electron chi connectivity index (χ4n) is 0.817. The summed E-state index contributed by atoms with van der Waals surface area (Å²) in [5.74, 6) is -3.72. The minimum Gasteiger partial charge on any atom is -0.545 e. The number of carboxylic acid groups (broad SMARTS) is 2. The molecule has 6 heteroatoms. The van der Waals surface area contributed by atoms with Gasteiger partial charge in [-0.15, -0.1) is 0 Å². The second-order valence-electron chi connectivity index (χ2n) is 2.48. The van der Waals surface area contributed by atoms with Gasteiger partial charge in [0, 0.05) is 0 Å². The van der Waals surface area contributed by atoms with Crippen LogP contribution in [0.25, 0.3) is 6.08 Å². The van der Waals surface area contributed by atoms with Crippen molar-refractivity contribution >= 4 is 18.0 Å². The van der Waals surface area contributed by atoms with E-state index in [0.29, 0.717) is 6.08 Å². The topological polar surface area (TPSA) is 110 Å². The molecule has 0 saturated heterocycles. The molecular weight excluding hydrogens is 204 g/mol. The van der Waals surface area contributed by atoms with Crippen LogP contribution in [0.3, 0.4) is 0 Å². The summed E-state index contributed by atoms with van der Waals surface area (Å²) in [4.78, 5) is 31.3. The zero-order valence-corrected chi connectivity index (χ0v) is 7.26. The molecule has 0 atom stereocenters. The van der Waals surface area contributed by atoms with Crippen LogP contribution < -0.4 is 15.8 Å². The maximum absolute atomic E-state index is 11.0. The van der Waals surface area contributed by atoms with E-state index in [1.807, 2.05) is 0 Å². The summed E-state index contributed by atoms with van der Waals surface area (Å²) >= 11 is 0. The summed E-state index contributed by atoms with van der Waals surface area (Å²) in [6, 6.07) is 2.10. The van der Waals surface area contributed by atoms with Gasteiger partial charge in [-0.05, 0) is 24.3 Å². The van der Waals surface area contributed by atoms with E-state index < -0.39 is 23.3 Å². The van der Waals surface area contributed by atoms with Gasteiger partial charge < -0.3 is 24.2 Å². The maximum atomic E-state index is 11.0. The number of aliphatic carboxylic acids is 1. The first-order chi connectivity index (χ1) is 7.00. The van der Waals surface area contributed by atoms with E-state index >= 15 is 0 Å². The number of hydrogen-bond donors (Lipinski definition) is 0. The smallest absolute Gasteiger partial charge is 0.343 e. The van der Waals surface area contributed by atoms with Crippen molar-refractivity contribution in [3.63, 3.8) is 0 Å². The zero-order chi connectivity index (χ0) is 11.4. The van der Waals surface area contributed by atoms with E-state index in [4.69, 9.17) is 0 Å². The highest BCUT2D eigenvalue weighted by atomic mass is 16.4. The molecule has 0 N–H and O–H groups in total. The summed E-state index contributed by atoms with van der Waals surface area (Å²) in [5.41, 5.74) is -1.06. The number of hydrogen-bond acceptors (Lipinski definition) is 6. The van der Waals surface area contributed by atoms with Crippen molar-refractivity contribution in [3.8, 4) is 0 Å². The predicted molar refractivity (Wildman–Crippen MR) is 43.3 cm³/mol. The summed E-state index contributed by atoms with van der Waals surface area (Å²) in [5, 5.41) is 20.3. The molecule has 0 bridgehead atoms. The second-order valence-corrected chi connectivity index (χ2v) is 2.48. The molecule has 0 aromatic carbocycles. The number of aromatic carboxylic acids is 1. The normalized spacial score (nSPS) is 10.4. The van der Waals surface area contributed by atoms with Crippen LogP contribution >= 0.6 is 0 Å². The summed E-state index contributed by atoms with van der Waals surface area (Å²) in [6.07, 6.45) is 1.57. The average Bonchev–Trinajstić information content (AvgIpc) is 2.15. The van der Waals surface area contributed by atoms with Crippen LogP contribution in [0, 0.1) is 0 Å². The fourth-order valence-corrected chi connectivity index (χ4v) is 0.817. The summed E-state index contributed by atoms with van der Waals surface area (Å²) in [6.45, 7) is 0. The van der Waals surface area contributed by atoms with Crippen molar-refractivity contribution in [2.75, 3.05) is 0 Å². The summed E-state index contributed by atoms with van der Waals surface area (Å²) in [7, 11) is 0. The highest BCUT2D eigenvalue weighted by Crippen LogP contribution is 1.99. The molecule has 6 nitrogen and oxygen atoms in total. The van der Waals surface area contributed by atoms with Crippen LogP contribution in [0.1, 0.15) is 16.1 Å². The Bertz CT molecular complexity index is 482. The van der Waals surface area contributed by atoms with Crippen LogP contribution in [-0.4, -0.2) is 11.9 Å². The molecule has 0 aliphatic heterocycles. The van der Waals surface area contributed by atoms with Crippen molar-refractivity contribution in [2.24, 2.45) is 0 Å². The van der Waals surface area contributed by atoms with Crippen LogP contribution in [0.4, 0.5) is 0 Å². The Hall–Kier alpha value is -2.37. The van der Waals surface area contributed by atoms with Crippen molar-refractivity contribution in [3.05, 3.63) is 40.0 Å². The maximum Gasteiger partial charge on any atom is 0.343 e. The van der Waals surface area contributed by atoms with Crippen LogP contribution in [0.15, 0.2) is 27.4 Å². The molecule has 0 aliphatic rings. The Kier molecular flexibility index (Phi) is 3.02. The lowest BCUT2D eigenvalue weighted by Crippen LogP contribution is -2.24. The van der Waals surface area contributed by atoms with Crippen LogP contribution in [0.5, 0.6) is 0 Å². The third kappa shape index (κ3) is 2.80. The van der Waals surface area contributed by atoms with Gasteiger partial charge in [-0.3, -0.25) is 0 Å². The Balaban J connectivity index is 3.09. The average molecular weight is 208 g/mol. The van der Waals surface area contributed by atoms with Gasteiger partial charge in [-0.2, -0.15) is 0 Å². The third-order valence-corrected chi connectivity index (χ3v) is 1.45. The monoisotopic (exact) mass is 208 g/mol. The molecule has 15 heavy (non-hydrogen) atoms. The Morgan fingerprint density at radius 1 is 1.27 bits per heavy atom. The quantitative estimate of drug-likeness (QED) is 0.519. The van der Waals surface area contributed by atoms with E-state index in [9.17, 15) is 24.6 Å². The number of carbonyl (C=O) groups is 2. The highest BCUT2D eigenvalue weighted by molar-refractivity contribution is 5.84. The number of carbonyl (C=O) groups excluding carboxylic acids is 2. The molecular formula is C9H4O6-2. The molecule has 0 unspecified atom stereocenters.